The first-order valence-corrected chi connectivity index (χ1v) is 14.8. The van der Waals surface area contributed by atoms with Gasteiger partial charge < -0.3 is 9.88 Å². The first-order valence-electron chi connectivity index (χ1n) is 13.6. The number of rotatable bonds is 7. The molecule has 2 fully saturated rings. The van der Waals surface area contributed by atoms with Crippen molar-refractivity contribution in [1.29, 1.82) is 0 Å². The number of pyridine rings is 1. The van der Waals surface area contributed by atoms with Crippen LogP contribution in [-0.2, 0) is 4.79 Å². The third-order valence-corrected chi connectivity index (χ3v) is 9.50. The molecule has 1 saturated heterocycles. The van der Waals surface area contributed by atoms with Crippen LogP contribution in [0.2, 0.25) is 0 Å². The molecule has 38 heavy (non-hydrogen) atoms. The molecule has 1 aliphatic carbocycles. The van der Waals surface area contributed by atoms with E-state index in [0.717, 1.165) is 47.3 Å². The second-order valence-corrected chi connectivity index (χ2v) is 12.3. The molecule has 0 spiro atoms. The Morgan fingerprint density at radius 2 is 1.97 bits per heavy atom. The monoisotopic (exact) mass is 539 g/mol. The van der Waals surface area contributed by atoms with Crippen LogP contribution in [0.3, 0.4) is 0 Å². The second-order valence-electron chi connectivity index (χ2n) is 11.4. The number of amides is 2. The predicted molar refractivity (Wildman–Crippen MR) is 152 cm³/mol. The van der Waals surface area contributed by atoms with Gasteiger partial charge in [-0.25, -0.2) is 14.4 Å². The number of aliphatic imine (C=N–C) groups is 1. The van der Waals surface area contributed by atoms with Crippen LogP contribution in [0.25, 0.3) is 11.0 Å². The van der Waals surface area contributed by atoms with Crippen LogP contribution in [0, 0.1) is 18.8 Å². The Labute approximate surface area is 228 Å². The first-order chi connectivity index (χ1) is 18.1. The van der Waals surface area contributed by atoms with E-state index in [9.17, 15) is 14.0 Å². The van der Waals surface area contributed by atoms with Crippen molar-refractivity contribution in [2.75, 3.05) is 25.9 Å². The number of alkyl halides is 1. The Hall–Kier alpha value is -2.52. The number of carbonyl (C=O) groups is 2. The lowest BCUT2D eigenvalue weighted by molar-refractivity contribution is -0.120. The number of hydrogen-bond acceptors (Lipinski definition) is 5. The van der Waals surface area contributed by atoms with E-state index in [-0.39, 0.29) is 24.4 Å². The normalized spacial score (nSPS) is 26.5. The number of nitrogens with zero attached hydrogens (tertiary/aromatic N) is 4. The SMILES string of the molecule is CSC1=CC(C)=NC(=O)C1CNC(=O)c1c(C)n([C@H](C)C2CCC(N3CC(C)(F)C3)CC2)c2ncccc12. The van der Waals surface area contributed by atoms with Crippen LogP contribution in [0.5, 0.6) is 0 Å². The molecule has 1 N–H and O–H groups in total. The summed E-state index contributed by atoms with van der Waals surface area (Å²) < 4.78 is 16.2. The van der Waals surface area contributed by atoms with Crippen LogP contribution in [-0.4, -0.2) is 69.6 Å². The number of allylic oxidation sites excluding steroid dienone is 1. The van der Waals surface area contributed by atoms with Gasteiger partial charge in [-0.15, -0.1) is 11.8 Å². The molecule has 5 rings (SSSR count). The highest BCUT2D eigenvalue weighted by molar-refractivity contribution is 8.02. The summed E-state index contributed by atoms with van der Waals surface area (Å²) in [5.74, 6) is -0.400. The summed E-state index contributed by atoms with van der Waals surface area (Å²) in [6.45, 7) is 9.04. The van der Waals surface area contributed by atoms with Crippen molar-refractivity contribution in [3.63, 3.8) is 0 Å². The van der Waals surface area contributed by atoms with Gasteiger partial charge in [-0.3, -0.25) is 14.5 Å². The summed E-state index contributed by atoms with van der Waals surface area (Å²) in [6, 6.07) is 4.47. The fraction of sp³-hybridized carbons (Fsp3) is 0.586. The Morgan fingerprint density at radius 1 is 1.26 bits per heavy atom. The topological polar surface area (TPSA) is 79.6 Å². The molecule has 2 aromatic rings. The highest BCUT2D eigenvalue weighted by Gasteiger charge is 2.43. The van der Waals surface area contributed by atoms with E-state index in [1.165, 1.54) is 11.8 Å². The first kappa shape index (κ1) is 27.1. The van der Waals surface area contributed by atoms with Crippen molar-refractivity contribution in [2.24, 2.45) is 16.8 Å². The van der Waals surface area contributed by atoms with Crippen LogP contribution < -0.4 is 5.32 Å². The van der Waals surface area contributed by atoms with Crippen molar-refractivity contribution in [3.05, 3.63) is 40.6 Å². The number of dihydropyridines is 1. The maximum Gasteiger partial charge on any atom is 0.255 e. The van der Waals surface area contributed by atoms with Gasteiger partial charge >= 0.3 is 0 Å². The lowest BCUT2D eigenvalue weighted by Crippen LogP contribution is -2.61. The smallest absolute Gasteiger partial charge is 0.255 e. The van der Waals surface area contributed by atoms with Crippen molar-refractivity contribution in [3.8, 4) is 0 Å². The van der Waals surface area contributed by atoms with Crippen molar-refractivity contribution >= 4 is 40.3 Å². The molecule has 1 unspecified atom stereocenters. The van der Waals surface area contributed by atoms with Crippen molar-refractivity contribution in [2.45, 2.75) is 71.1 Å². The van der Waals surface area contributed by atoms with E-state index in [1.807, 2.05) is 38.3 Å². The summed E-state index contributed by atoms with van der Waals surface area (Å²) in [7, 11) is 0. The zero-order chi connectivity index (χ0) is 27.2. The number of fused-ring (bicyclic) bond motifs is 1. The maximum absolute atomic E-state index is 14.0. The summed E-state index contributed by atoms with van der Waals surface area (Å²) in [6.07, 6.45) is 9.93. The number of halogens is 1. The lowest BCUT2D eigenvalue weighted by Gasteiger charge is -2.49. The zero-order valence-electron chi connectivity index (χ0n) is 23.0. The number of carbonyl (C=O) groups excluding carboxylic acids is 2. The third-order valence-electron chi connectivity index (χ3n) is 8.63. The Morgan fingerprint density at radius 3 is 2.63 bits per heavy atom. The fourth-order valence-corrected chi connectivity index (χ4v) is 7.40. The average molecular weight is 540 g/mol. The van der Waals surface area contributed by atoms with Gasteiger partial charge in [0.2, 0.25) is 0 Å². The molecule has 9 heteroatoms. The molecule has 2 amide bonds. The zero-order valence-corrected chi connectivity index (χ0v) is 23.8. The number of likely N-dealkylation sites (tertiary alicyclic amines) is 1. The molecule has 0 bridgehead atoms. The molecule has 2 aliphatic heterocycles. The van der Waals surface area contributed by atoms with Gasteiger partial charge in [0.05, 0.1) is 11.5 Å². The summed E-state index contributed by atoms with van der Waals surface area (Å²) in [5.41, 5.74) is 2.00. The van der Waals surface area contributed by atoms with E-state index >= 15 is 0 Å². The minimum atomic E-state index is -1.03. The third kappa shape index (κ3) is 5.07. The van der Waals surface area contributed by atoms with Gasteiger partial charge in [0.1, 0.15) is 11.3 Å². The van der Waals surface area contributed by atoms with Crippen molar-refractivity contribution in [1.82, 2.24) is 19.8 Å². The largest absolute Gasteiger partial charge is 0.351 e. The summed E-state index contributed by atoms with van der Waals surface area (Å²) in [4.78, 5) is 38.1. The second kappa shape index (κ2) is 10.6. The van der Waals surface area contributed by atoms with E-state index < -0.39 is 11.6 Å². The fourth-order valence-electron chi connectivity index (χ4n) is 6.65. The Bertz CT molecular complexity index is 1300. The summed E-state index contributed by atoms with van der Waals surface area (Å²) in [5, 5.41) is 3.85. The van der Waals surface area contributed by atoms with Gasteiger partial charge in [0.15, 0.2) is 0 Å². The molecule has 2 atom stereocenters. The highest BCUT2D eigenvalue weighted by atomic mass is 32.2. The molecule has 1 saturated carbocycles. The maximum atomic E-state index is 14.0. The molecule has 7 nitrogen and oxygen atoms in total. The van der Waals surface area contributed by atoms with Gasteiger partial charge in [-0.05, 0) is 83.8 Å². The molecular weight excluding hydrogens is 501 g/mol. The molecule has 0 radical (unpaired) electrons. The molecule has 3 aliphatic rings. The predicted octanol–water partition coefficient (Wildman–Crippen LogP) is 5.10. The highest BCUT2D eigenvalue weighted by Crippen LogP contribution is 2.40. The average Bonchev–Trinajstić information content (AvgIpc) is 3.17. The van der Waals surface area contributed by atoms with Gasteiger partial charge in [-0.1, -0.05) is 0 Å². The molecule has 2 aromatic heterocycles. The Balaban J connectivity index is 1.32. The Kier molecular flexibility index (Phi) is 7.52. The van der Waals surface area contributed by atoms with Crippen molar-refractivity contribution < 1.29 is 14.0 Å². The van der Waals surface area contributed by atoms with Gasteiger partial charge in [0.25, 0.3) is 11.8 Å². The van der Waals surface area contributed by atoms with E-state index in [0.29, 0.717) is 36.3 Å². The molecule has 204 valence electrons. The van der Waals surface area contributed by atoms with Gasteiger partial charge in [0, 0.05) is 59.6 Å². The molecular formula is C29H38FN5O2S. The number of thioether (sulfide) groups is 1. The van der Waals surface area contributed by atoms with Crippen LogP contribution in [0.15, 0.2) is 34.3 Å². The van der Waals surface area contributed by atoms with E-state index in [1.54, 1.807) is 13.1 Å². The van der Waals surface area contributed by atoms with Crippen LogP contribution >= 0.6 is 11.8 Å². The quantitative estimate of drug-likeness (QED) is 0.530. The molecule has 0 aromatic carbocycles. The number of aromatic nitrogens is 2. The van der Waals surface area contributed by atoms with E-state index in [4.69, 9.17) is 0 Å². The summed E-state index contributed by atoms with van der Waals surface area (Å²) >= 11 is 1.52. The number of hydrogen-bond donors (Lipinski definition) is 1. The van der Waals surface area contributed by atoms with Crippen LogP contribution in [0.1, 0.15) is 68.5 Å². The minimum absolute atomic E-state index is 0.181. The van der Waals surface area contributed by atoms with Gasteiger partial charge in [-0.2, -0.15) is 0 Å². The van der Waals surface area contributed by atoms with E-state index in [2.05, 4.69) is 31.7 Å². The number of nitrogens with one attached hydrogen (secondary N) is 1. The lowest BCUT2D eigenvalue weighted by atomic mass is 9.79. The minimum Gasteiger partial charge on any atom is -0.351 e. The standard InChI is InChI=1S/C29H38FN5O2S/c1-17-13-24(38-5)23(27(36)33-17)14-32-28(37)25-19(3)35(26-22(25)7-6-12-31-26)18(2)20-8-10-21(11-9-20)34-15-29(4,30)16-34/h6-7,12-13,18,20-21,23H,8-11,14-16H2,1-5H3,(H,32,37)/t18-,20?,21?,23?/m1/s1. The molecule has 4 heterocycles. The van der Waals surface area contributed by atoms with Crippen LogP contribution in [0.4, 0.5) is 4.39 Å².